The van der Waals surface area contributed by atoms with E-state index in [1.54, 1.807) is 18.5 Å². The molecule has 86 valence electrons. The molecule has 5 heteroatoms. The zero-order chi connectivity index (χ0) is 12.3. The van der Waals surface area contributed by atoms with Crippen LogP contribution in [0, 0.1) is 0 Å². The van der Waals surface area contributed by atoms with Crippen LogP contribution in [-0.4, -0.2) is 15.9 Å². The number of anilines is 2. The number of amides is 1. The number of hydrogen-bond donors (Lipinski definition) is 2. The molecule has 0 unspecified atom stereocenters. The van der Waals surface area contributed by atoms with Crippen molar-refractivity contribution < 1.29 is 4.79 Å². The van der Waals surface area contributed by atoms with E-state index in [9.17, 15) is 4.79 Å². The van der Waals surface area contributed by atoms with Crippen LogP contribution in [-0.2, 0) is 4.79 Å². The molecule has 0 atom stereocenters. The van der Waals surface area contributed by atoms with Crippen molar-refractivity contribution in [1.29, 1.82) is 0 Å². The van der Waals surface area contributed by atoms with Crippen LogP contribution in [0.25, 0.3) is 11.3 Å². The molecule has 0 aliphatic carbocycles. The number of nitrogens with zero attached hydrogens (tertiary/aromatic N) is 2. The molecule has 2 aromatic heterocycles. The Hall–Kier alpha value is -2.43. The van der Waals surface area contributed by atoms with Crippen LogP contribution in [0.4, 0.5) is 11.5 Å². The molecule has 0 spiro atoms. The lowest BCUT2D eigenvalue weighted by atomic mass is 10.1. The molecule has 0 saturated heterocycles. The molecule has 2 heterocycles. The van der Waals surface area contributed by atoms with Gasteiger partial charge in [-0.3, -0.25) is 9.78 Å². The van der Waals surface area contributed by atoms with Crippen LogP contribution < -0.4 is 11.1 Å². The third-order valence-electron chi connectivity index (χ3n) is 2.18. The molecule has 0 saturated carbocycles. The van der Waals surface area contributed by atoms with Gasteiger partial charge in [0, 0.05) is 36.6 Å². The maximum atomic E-state index is 10.9. The molecular weight excluding hydrogens is 216 g/mol. The molecule has 1 amide bonds. The number of pyridine rings is 2. The van der Waals surface area contributed by atoms with Crippen LogP contribution in [0.5, 0.6) is 0 Å². The van der Waals surface area contributed by atoms with E-state index in [2.05, 4.69) is 15.3 Å². The number of nitrogens with two attached hydrogens (primary N) is 1. The van der Waals surface area contributed by atoms with Crippen LogP contribution in [0.3, 0.4) is 0 Å². The fraction of sp³-hybridized carbons (Fsp3) is 0.0833. The van der Waals surface area contributed by atoms with E-state index in [1.807, 2.05) is 18.2 Å². The van der Waals surface area contributed by atoms with Gasteiger partial charge in [0.05, 0.1) is 5.69 Å². The van der Waals surface area contributed by atoms with E-state index in [4.69, 9.17) is 5.73 Å². The number of carbonyl (C=O) groups is 1. The standard InChI is InChI=1S/C12H12N4O/c1-8(17)16-12-6-10(13)9(7-15-12)11-4-2-3-5-14-11/h2-7H,1H3,(H3,13,15,16,17). The average Bonchev–Trinajstić information content (AvgIpc) is 2.29. The smallest absolute Gasteiger partial charge is 0.222 e. The third-order valence-corrected chi connectivity index (χ3v) is 2.18. The highest BCUT2D eigenvalue weighted by Gasteiger charge is 2.06. The molecule has 0 aliphatic rings. The van der Waals surface area contributed by atoms with Gasteiger partial charge in [-0.05, 0) is 12.1 Å². The second kappa shape index (κ2) is 4.61. The summed E-state index contributed by atoms with van der Waals surface area (Å²) in [6.45, 7) is 1.42. The topological polar surface area (TPSA) is 80.9 Å². The Balaban J connectivity index is 2.35. The summed E-state index contributed by atoms with van der Waals surface area (Å²) in [5, 5.41) is 2.57. The Morgan fingerprint density at radius 2 is 2.18 bits per heavy atom. The fourth-order valence-electron chi connectivity index (χ4n) is 1.46. The van der Waals surface area contributed by atoms with Gasteiger partial charge in [-0.1, -0.05) is 6.07 Å². The van der Waals surface area contributed by atoms with E-state index in [-0.39, 0.29) is 5.91 Å². The second-order valence-electron chi connectivity index (χ2n) is 3.55. The molecule has 3 N–H and O–H groups in total. The molecule has 0 aromatic carbocycles. The van der Waals surface area contributed by atoms with Crippen molar-refractivity contribution >= 4 is 17.4 Å². The molecule has 0 radical (unpaired) electrons. The van der Waals surface area contributed by atoms with Gasteiger partial charge in [0.15, 0.2) is 0 Å². The van der Waals surface area contributed by atoms with Gasteiger partial charge in [0.1, 0.15) is 5.82 Å². The summed E-state index contributed by atoms with van der Waals surface area (Å²) in [6.07, 6.45) is 3.29. The van der Waals surface area contributed by atoms with Crippen molar-refractivity contribution in [2.45, 2.75) is 6.92 Å². The lowest BCUT2D eigenvalue weighted by Crippen LogP contribution is -2.08. The van der Waals surface area contributed by atoms with Gasteiger partial charge in [0.25, 0.3) is 0 Å². The number of aromatic nitrogens is 2. The van der Waals surface area contributed by atoms with Gasteiger partial charge in [-0.2, -0.15) is 0 Å². The lowest BCUT2D eigenvalue weighted by Gasteiger charge is -2.07. The Labute approximate surface area is 98.7 Å². The Morgan fingerprint density at radius 3 is 2.76 bits per heavy atom. The predicted molar refractivity (Wildman–Crippen MR) is 66.2 cm³/mol. The van der Waals surface area contributed by atoms with Crippen molar-refractivity contribution in [3.63, 3.8) is 0 Å². The van der Waals surface area contributed by atoms with Crippen molar-refractivity contribution in [2.75, 3.05) is 11.1 Å². The summed E-state index contributed by atoms with van der Waals surface area (Å²) in [5.74, 6) is 0.261. The normalized spacial score (nSPS) is 9.94. The minimum absolute atomic E-state index is 0.178. The van der Waals surface area contributed by atoms with Crippen LogP contribution in [0.15, 0.2) is 36.7 Å². The van der Waals surface area contributed by atoms with Gasteiger partial charge >= 0.3 is 0 Å². The first-order chi connectivity index (χ1) is 8.16. The summed E-state index contributed by atoms with van der Waals surface area (Å²) in [6, 6.07) is 7.18. The molecule has 0 fully saturated rings. The number of nitrogens with one attached hydrogen (secondary N) is 1. The number of hydrogen-bond acceptors (Lipinski definition) is 4. The quantitative estimate of drug-likeness (QED) is 0.819. The largest absolute Gasteiger partial charge is 0.398 e. The number of nitrogen functional groups attached to an aromatic ring is 1. The van der Waals surface area contributed by atoms with E-state index in [0.29, 0.717) is 11.5 Å². The zero-order valence-corrected chi connectivity index (χ0v) is 9.34. The summed E-state index contributed by atoms with van der Waals surface area (Å²) < 4.78 is 0. The minimum atomic E-state index is -0.178. The maximum Gasteiger partial charge on any atom is 0.222 e. The molecule has 0 bridgehead atoms. The van der Waals surface area contributed by atoms with Crippen molar-refractivity contribution in [3.8, 4) is 11.3 Å². The summed E-state index contributed by atoms with van der Waals surface area (Å²) >= 11 is 0. The van der Waals surface area contributed by atoms with Crippen molar-refractivity contribution in [3.05, 3.63) is 36.7 Å². The average molecular weight is 228 g/mol. The SMILES string of the molecule is CC(=O)Nc1cc(N)c(-c2ccccn2)cn1. The van der Waals surface area contributed by atoms with Gasteiger partial charge in [-0.15, -0.1) is 0 Å². The number of rotatable bonds is 2. The highest BCUT2D eigenvalue weighted by molar-refractivity contribution is 5.89. The highest BCUT2D eigenvalue weighted by Crippen LogP contribution is 2.24. The van der Waals surface area contributed by atoms with Crippen molar-refractivity contribution in [1.82, 2.24) is 9.97 Å². The first-order valence-electron chi connectivity index (χ1n) is 5.11. The zero-order valence-electron chi connectivity index (χ0n) is 9.34. The molecule has 2 rings (SSSR count). The fourth-order valence-corrected chi connectivity index (χ4v) is 1.46. The maximum absolute atomic E-state index is 10.9. The monoisotopic (exact) mass is 228 g/mol. The molecular formula is C12H12N4O. The van der Waals surface area contributed by atoms with Crippen LogP contribution in [0.2, 0.25) is 0 Å². The first kappa shape index (κ1) is 11.1. The van der Waals surface area contributed by atoms with Crippen molar-refractivity contribution in [2.24, 2.45) is 0 Å². The van der Waals surface area contributed by atoms with Gasteiger partial charge in [0.2, 0.25) is 5.91 Å². The highest BCUT2D eigenvalue weighted by atomic mass is 16.1. The molecule has 2 aromatic rings. The predicted octanol–water partition coefficient (Wildman–Crippen LogP) is 1.68. The molecule has 0 aliphatic heterocycles. The van der Waals surface area contributed by atoms with Crippen LogP contribution in [0.1, 0.15) is 6.92 Å². The lowest BCUT2D eigenvalue weighted by molar-refractivity contribution is -0.114. The Morgan fingerprint density at radius 1 is 1.35 bits per heavy atom. The summed E-state index contributed by atoms with van der Waals surface area (Å²) in [4.78, 5) is 19.2. The minimum Gasteiger partial charge on any atom is -0.398 e. The molecule has 5 nitrogen and oxygen atoms in total. The second-order valence-corrected chi connectivity index (χ2v) is 3.55. The third kappa shape index (κ3) is 2.57. The van der Waals surface area contributed by atoms with E-state index < -0.39 is 0 Å². The van der Waals surface area contributed by atoms with E-state index >= 15 is 0 Å². The Bertz CT molecular complexity index is 539. The number of carbonyl (C=O) groups excluding carboxylic acids is 1. The van der Waals surface area contributed by atoms with Crippen LogP contribution >= 0.6 is 0 Å². The summed E-state index contributed by atoms with van der Waals surface area (Å²) in [7, 11) is 0. The van der Waals surface area contributed by atoms with E-state index in [1.165, 1.54) is 6.92 Å². The summed E-state index contributed by atoms with van der Waals surface area (Å²) in [5.41, 5.74) is 7.93. The van der Waals surface area contributed by atoms with E-state index in [0.717, 1.165) is 11.3 Å². The van der Waals surface area contributed by atoms with Gasteiger partial charge in [-0.25, -0.2) is 4.98 Å². The Kier molecular flexibility index (Phi) is 3.00. The van der Waals surface area contributed by atoms with Gasteiger partial charge < -0.3 is 11.1 Å². The first-order valence-corrected chi connectivity index (χ1v) is 5.11. The molecule has 17 heavy (non-hydrogen) atoms.